The molecule has 0 bridgehead atoms. The molecule has 4 atom stereocenters. The van der Waals surface area contributed by atoms with Crippen molar-refractivity contribution in [3.8, 4) is 16.3 Å². The second-order valence-corrected chi connectivity index (χ2v) is 11.1. The van der Waals surface area contributed by atoms with E-state index >= 15 is 0 Å². The zero-order chi connectivity index (χ0) is 28.3. The number of aliphatic hydroxyl groups is 1. The van der Waals surface area contributed by atoms with Gasteiger partial charge in [-0.25, -0.2) is 4.98 Å². The first-order chi connectivity index (χ1) is 18.6. The molecule has 12 heteroatoms. The summed E-state index contributed by atoms with van der Waals surface area (Å²) in [6.07, 6.45) is -0.204. The molecule has 3 heterocycles. The monoisotopic (exact) mass is 574 g/mol. The molecular formula is C27H31ClN4O6S. The van der Waals surface area contributed by atoms with Crippen LogP contribution in [0.2, 0.25) is 5.02 Å². The Hall–Kier alpha value is -3.28. The van der Waals surface area contributed by atoms with E-state index in [0.29, 0.717) is 6.29 Å². The van der Waals surface area contributed by atoms with Crippen molar-refractivity contribution in [2.45, 2.75) is 58.2 Å². The topological polar surface area (TPSA) is 135 Å². The van der Waals surface area contributed by atoms with Crippen molar-refractivity contribution in [3.05, 3.63) is 51.8 Å². The van der Waals surface area contributed by atoms with Crippen molar-refractivity contribution in [2.75, 3.05) is 13.2 Å². The molecule has 3 aromatic rings. The molecule has 2 aromatic heterocycles. The van der Waals surface area contributed by atoms with Crippen molar-refractivity contribution < 1.29 is 28.8 Å². The number of nitrogens with one attached hydrogen (secondary N) is 1. The number of rotatable bonds is 10. The Labute approximate surface area is 235 Å². The predicted octanol–water partition coefficient (Wildman–Crippen LogP) is 3.92. The first kappa shape index (κ1) is 28.7. The van der Waals surface area contributed by atoms with Gasteiger partial charge in [0, 0.05) is 13.0 Å². The maximum absolute atomic E-state index is 13.7. The van der Waals surface area contributed by atoms with Crippen molar-refractivity contribution in [3.63, 3.8) is 0 Å². The number of thiazole rings is 1. The first-order valence-electron chi connectivity index (χ1n) is 12.6. The number of aliphatic hydroxyl groups excluding tert-OH is 1. The Bertz CT molecular complexity index is 1320. The van der Waals surface area contributed by atoms with Gasteiger partial charge >= 0.3 is 0 Å². The Balaban J connectivity index is 1.49. The Morgan fingerprint density at radius 3 is 2.64 bits per heavy atom. The van der Waals surface area contributed by atoms with Crippen LogP contribution in [0.1, 0.15) is 56.2 Å². The molecule has 0 unspecified atom stereocenters. The highest BCUT2D eigenvalue weighted by Gasteiger charge is 2.44. The molecule has 2 amide bonds. The highest BCUT2D eigenvalue weighted by atomic mass is 35.5. The summed E-state index contributed by atoms with van der Waals surface area (Å²) in [6, 6.07) is 6.70. The standard InChI is InChI=1S/C27H31ClN4O6S/c1-14(2)21(23-22(28)26(31-38-23)37-10-9-33)27(36)32-12-19(34)11-20(32)25(35)30-15(3)17-5-7-18(8-6-17)24-16(4)29-13-39-24/h5-9,13-15,19-21,34H,10-12H2,1-4H3,(H,30,35)/t15-,19+,20-,21+/m0/s1. The average molecular weight is 575 g/mol. The summed E-state index contributed by atoms with van der Waals surface area (Å²) in [6.45, 7) is 7.19. The second-order valence-electron chi connectivity index (χ2n) is 9.88. The van der Waals surface area contributed by atoms with Gasteiger partial charge in [-0.15, -0.1) is 11.3 Å². The van der Waals surface area contributed by atoms with Crippen molar-refractivity contribution >= 4 is 41.0 Å². The van der Waals surface area contributed by atoms with Gasteiger partial charge in [-0.1, -0.05) is 49.7 Å². The summed E-state index contributed by atoms with van der Waals surface area (Å²) < 4.78 is 10.5. The fourth-order valence-electron chi connectivity index (χ4n) is 4.75. The van der Waals surface area contributed by atoms with Gasteiger partial charge in [0.15, 0.2) is 12.0 Å². The molecule has 0 spiro atoms. The molecule has 1 aliphatic rings. The second kappa shape index (κ2) is 12.3. The lowest BCUT2D eigenvalue weighted by Gasteiger charge is -2.29. The van der Waals surface area contributed by atoms with Gasteiger partial charge in [0.05, 0.1) is 28.2 Å². The van der Waals surface area contributed by atoms with E-state index in [9.17, 15) is 19.5 Å². The Morgan fingerprint density at radius 1 is 1.31 bits per heavy atom. The van der Waals surface area contributed by atoms with Gasteiger partial charge in [0.25, 0.3) is 5.88 Å². The fraction of sp³-hybridized carbons (Fsp3) is 0.444. The summed E-state index contributed by atoms with van der Waals surface area (Å²) >= 11 is 7.94. The van der Waals surface area contributed by atoms with Crippen molar-refractivity contribution in [1.82, 2.24) is 20.4 Å². The van der Waals surface area contributed by atoms with E-state index in [2.05, 4.69) is 15.5 Å². The molecule has 10 nitrogen and oxygen atoms in total. The highest BCUT2D eigenvalue weighted by Crippen LogP contribution is 2.38. The maximum atomic E-state index is 13.7. The molecule has 1 fully saturated rings. The third-order valence-corrected chi connectivity index (χ3v) is 8.10. The minimum Gasteiger partial charge on any atom is -0.467 e. The molecular weight excluding hydrogens is 544 g/mol. The number of benzene rings is 1. The van der Waals surface area contributed by atoms with Crippen LogP contribution < -0.4 is 10.1 Å². The van der Waals surface area contributed by atoms with Crippen molar-refractivity contribution in [1.29, 1.82) is 0 Å². The third kappa shape index (κ3) is 6.15. The minimum absolute atomic E-state index is 0.00231. The number of aldehydes is 1. The van der Waals surface area contributed by atoms with Gasteiger partial charge < -0.3 is 24.6 Å². The lowest BCUT2D eigenvalue weighted by molar-refractivity contribution is -0.141. The molecule has 0 radical (unpaired) electrons. The van der Waals surface area contributed by atoms with Crippen LogP contribution in [0.5, 0.6) is 5.88 Å². The van der Waals surface area contributed by atoms with E-state index in [4.69, 9.17) is 20.9 Å². The predicted molar refractivity (Wildman–Crippen MR) is 146 cm³/mol. The molecule has 2 N–H and O–H groups in total. The lowest BCUT2D eigenvalue weighted by atomic mass is 9.91. The van der Waals surface area contributed by atoms with E-state index in [1.165, 1.54) is 4.90 Å². The van der Waals surface area contributed by atoms with E-state index < -0.39 is 24.0 Å². The molecule has 0 saturated carbocycles. The lowest BCUT2D eigenvalue weighted by Crippen LogP contribution is -2.48. The van der Waals surface area contributed by atoms with Gasteiger partial charge in [-0.05, 0) is 36.0 Å². The minimum atomic E-state index is -0.876. The summed E-state index contributed by atoms with van der Waals surface area (Å²) in [5.74, 6) is -1.93. The van der Waals surface area contributed by atoms with E-state index in [1.807, 2.05) is 57.5 Å². The first-order valence-corrected chi connectivity index (χ1v) is 13.9. The normalized spacial score (nSPS) is 18.7. The van der Waals surface area contributed by atoms with E-state index in [-0.39, 0.29) is 54.1 Å². The van der Waals surface area contributed by atoms with Crippen LogP contribution in [0.15, 0.2) is 34.3 Å². The third-order valence-electron chi connectivity index (χ3n) is 6.78. The smallest absolute Gasteiger partial charge is 0.273 e. The summed E-state index contributed by atoms with van der Waals surface area (Å²) in [7, 11) is 0. The zero-order valence-corrected chi connectivity index (χ0v) is 23.7. The van der Waals surface area contributed by atoms with Crippen LogP contribution in [-0.4, -0.2) is 63.5 Å². The van der Waals surface area contributed by atoms with Crippen LogP contribution in [0.25, 0.3) is 10.4 Å². The van der Waals surface area contributed by atoms with Crippen LogP contribution in [0, 0.1) is 12.8 Å². The molecule has 1 aliphatic heterocycles. The fourth-order valence-corrected chi connectivity index (χ4v) is 5.80. The zero-order valence-electron chi connectivity index (χ0n) is 22.1. The summed E-state index contributed by atoms with van der Waals surface area (Å²) in [5.41, 5.74) is 4.74. The summed E-state index contributed by atoms with van der Waals surface area (Å²) in [4.78, 5) is 44.5. The number of hydrogen-bond donors (Lipinski definition) is 2. The van der Waals surface area contributed by atoms with Crippen molar-refractivity contribution in [2.24, 2.45) is 5.92 Å². The maximum Gasteiger partial charge on any atom is 0.273 e. The Kier molecular flexibility index (Phi) is 9.04. The van der Waals surface area contributed by atoms with Crippen LogP contribution in [0.3, 0.4) is 0 Å². The van der Waals surface area contributed by atoms with Crippen LogP contribution in [-0.2, 0) is 14.4 Å². The number of hydrogen-bond acceptors (Lipinski definition) is 9. The molecule has 39 heavy (non-hydrogen) atoms. The molecule has 4 rings (SSSR count). The SMILES string of the molecule is Cc1ncsc1-c1ccc([C@H](C)NC(=O)[C@@H]2C[C@@H](O)CN2C(=O)[C@@H](c2onc(OCC=O)c2Cl)C(C)C)cc1. The van der Waals surface area contributed by atoms with Gasteiger partial charge in [-0.2, -0.15) is 0 Å². The quantitative estimate of drug-likeness (QED) is 0.348. The number of amides is 2. The number of nitrogens with zero attached hydrogens (tertiary/aromatic N) is 3. The number of ether oxygens (including phenoxy) is 1. The number of carbonyl (C=O) groups is 3. The highest BCUT2D eigenvalue weighted by molar-refractivity contribution is 7.13. The average Bonchev–Trinajstić information content (AvgIpc) is 3.61. The summed E-state index contributed by atoms with van der Waals surface area (Å²) in [5, 5.41) is 17.1. The van der Waals surface area contributed by atoms with Gasteiger partial charge in [0.1, 0.15) is 23.6 Å². The van der Waals surface area contributed by atoms with E-state index in [0.717, 1.165) is 21.7 Å². The largest absolute Gasteiger partial charge is 0.467 e. The van der Waals surface area contributed by atoms with Crippen LogP contribution >= 0.6 is 22.9 Å². The Morgan fingerprint density at radius 2 is 2.03 bits per heavy atom. The number of β-amino-alcohol motifs (C(OH)–C–C–N with tert-alkyl or cyclic N) is 1. The van der Waals surface area contributed by atoms with Gasteiger partial charge in [-0.3, -0.25) is 14.4 Å². The van der Waals surface area contributed by atoms with E-state index in [1.54, 1.807) is 11.3 Å². The molecule has 1 aromatic carbocycles. The number of carbonyl (C=O) groups excluding carboxylic acids is 3. The number of halogens is 1. The van der Waals surface area contributed by atoms with Gasteiger partial charge in [0.2, 0.25) is 11.8 Å². The van der Waals surface area contributed by atoms with Crippen LogP contribution in [0.4, 0.5) is 0 Å². The number of aromatic nitrogens is 2. The molecule has 1 saturated heterocycles. The molecule has 0 aliphatic carbocycles. The number of aryl methyl sites for hydroxylation is 1. The number of likely N-dealkylation sites (tertiary alicyclic amines) is 1. The molecule has 208 valence electrons.